The van der Waals surface area contributed by atoms with E-state index in [-0.39, 0.29) is 17.0 Å². The molecule has 0 aliphatic rings. The molecule has 1 aromatic heterocycles. The van der Waals surface area contributed by atoms with Gasteiger partial charge >= 0.3 is 0 Å². The Morgan fingerprint density at radius 1 is 1.04 bits per heavy atom. The van der Waals surface area contributed by atoms with Crippen LogP contribution in [-0.2, 0) is 0 Å². The maximum Gasteiger partial charge on any atom is 0.265 e. The number of hydrazone groups is 1. The zero-order valence-electron chi connectivity index (χ0n) is 15.4. The maximum absolute atomic E-state index is 13.0. The summed E-state index contributed by atoms with van der Waals surface area (Å²) in [7, 11) is 0. The molecule has 3 aromatic rings. The minimum absolute atomic E-state index is 0.128. The van der Waals surface area contributed by atoms with Crippen molar-refractivity contribution in [3.63, 3.8) is 0 Å². The fourth-order valence-corrected chi connectivity index (χ4v) is 2.71. The summed E-state index contributed by atoms with van der Waals surface area (Å²) in [6.07, 6.45) is 1.56. The average Bonchev–Trinajstić information content (AvgIpc) is 2.59. The number of aryl methyl sites for hydroxylation is 1. The zero-order valence-corrected chi connectivity index (χ0v) is 15.4. The van der Waals surface area contributed by atoms with Crippen molar-refractivity contribution in [3.8, 4) is 11.6 Å². The van der Waals surface area contributed by atoms with Crippen LogP contribution in [0.4, 0.5) is 0 Å². The Morgan fingerprint density at radius 2 is 1.65 bits per heavy atom. The van der Waals surface area contributed by atoms with E-state index in [9.17, 15) is 9.90 Å². The predicted molar refractivity (Wildman–Crippen MR) is 106 cm³/mol. The third-order valence-electron chi connectivity index (χ3n) is 3.99. The van der Waals surface area contributed by atoms with Crippen LogP contribution in [0.15, 0.2) is 58.4 Å². The monoisotopic (exact) mass is 349 g/mol. The number of benzene rings is 2. The summed E-state index contributed by atoms with van der Waals surface area (Å²) in [4.78, 5) is 13.0. The molecule has 0 saturated heterocycles. The molecule has 0 amide bonds. The number of hydrogen-bond acceptors (Lipinski definition) is 4. The van der Waals surface area contributed by atoms with Gasteiger partial charge in [-0.1, -0.05) is 35.9 Å². The molecule has 0 aliphatic carbocycles. The number of aromatic nitrogens is 1. The van der Waals surface area contributed by atoms with Gasteiger partial charge in [-0.2, -0.15) is 5.10 Å². The Hall–Kier alpha value is -3.08. The van der Waals surface area contributed by atoms with E-state index in [1.54, 1.807) is 12.3 Å². The van der Waals surface area contributed by atoms with E-state index in [4.69, 9.17) is 0 Å². The summed E-state index contributed by atoms with van der Waals surface area (Å²) in [6.45, 7) is 7.96. The summed E-state index contributed by atoms with van der Waals surface area (Å²) in [5.41, 5.74) is 4.74. The fraction of sp³-hybridized carbons (Fsp3) is 0.238. The first-order chi connectivity index (χ1) is 12.3. The topological polar surface area (TPSA) is 66.6 Å². The Kier molecular flexibility index (Phi) is 4.55. The lowest BCUT2D eigenvalue weighted by Gasteiger charge is -2.18. The number of nitrogens with one attached hydrogen (secondary N) is 1. The smallest absolute Gasteiger partial charge is 0.265 e. The van der Waals surface area contributed by atoms with Gasteiger partial charge in [-0.15, -0.1) is 0 Å². The van der Waals surface area contributed by atoms with Crippen molar-refractivity contribution < 1.29 is 5.11 Å². The van der Waals surface area contributed by atoms with Crippen molar-refractivity contribution >= 4 is 17.0 Å². The van der Waals surface area contributed by atoms with Gasteiger partial charge in [-0.05, 0) is 45.9 Å². The Labute approximate surface area is 152 Å². The highest BCUT2D eigenvalue weighted by atomic mass is 16.3. The summed E-state index contributed by atoms with van der Waals surface area (Å²) < 4.78 is 1.32. The third-order valence-corrected chi connectivity index (χ3v) is 3.99. The van der Waals surface area contributed by atoms with E-state index in [2.05, 4.69) is 10.5 Å². The Bertz CT molecular complexity index is 1030. The molecule has 0 fully saturated rings. The number of pyridine rings is 1. The highest BCUT2D eigenvalue weighted by Crippen LogP contribution is 2.25. The number of hydrogen-bond donors (Lipinski definition) is 2. The molecule has 2 aromatic carbocycles. The normalized spacial score (nSPS) is 12.0. The van der Waals surface area contributed by atoms with Crippen LogP contribution in [0.5, 0.6) is 5.88 Å². The molecule has 2 N–H and O–H groups in total. The molecule has 1 heterocycles. The first-order valence-electron chi connectivity index (χ1n) is 8.52. The first kappa shape index (κ1) is 17.7. The molecule has 0 atom stereocenters. The molecular weight excluding hydrogens is 326 g/mol. The SMILES string of the molecule is Cc1ccc(-n2c(O)c(/C=N\NC(C)(C)C)c3ccccc3c2=O)cc1. The second-order valence-electron chi connectivity index (χ2n) is 7.38. The summed E-state index contributed by atoms with van der Waals surface area (Å²) in [5.74, 6) is -0.128. The first-order valence-corrected chi connectivity index (χ1v) is 8.52. The van der Waals surface area contributed by atoms with Crippen molar-refractivity contribution in [3.05, 3.63) is 70.0 Å². The van der Waals surface area contributed by atoms with Gasteiger partial charge in [0.1, 0.15) is 0 Å². The van der Waals surface area contributed by atoms with Crippen LogP contribution in [0.2, 0.25) is 0 Å². The molecule has 134 valence electrons. The lowest BCUT2D eigenvalue weighted by atomic mass is 10.1. The van der Waals surface area contributed by atoms with Crippen LogP contribution in [0, 0.1) is 6.92 Å². The minimum atomic E-state index is -0.261. The van der Waals surface area contributed by atoms with Crippen molar-refractivity contribution in [1.29, 1.82) is 0 Å². The predicted octanol–water partition coefficient (Wildman–Crippen LogP) is 3.73. The van der Waals surface area contributed by atoms with Crippen molar-refractivity contribution in [1.82, 2.24) is 9.99 Å². The van der Waals surface area contributed by atoms with Gasteiger partial charge in [0.2, 0.25) is 5.88 Å². The molecule has 0 spiro atoms. The van der Waals surface area contributed by atoms with Crippen molar-refractivity contribution in [2.45, 2.75) is 33.2 Å². The average molecular weight is 349 g/mol. The van der Waals surface area contributed by atoms with Crippen molar-refractivity contribution in [2.75, 3.05) is 0 Å². The number of rotatable bonds is 3. The van der Waals surface area contributed by atoms with Gasteiger partial charge < -0.3 is 10.5 Å². The molecule has 5 heteroatoms. The Morgan fingerprint density at radius 3 is 2.27 bits per heavy atom. The third kappa shape index (κ3) is 3.47. The fourth-order valence-electron chi connectivity index (χ4n) is 2.71. The number of aromatic hydroxyl groups is 1. The minimum Gasteiger partial charge on any atom is -0.494 e. The molecule has 3 rings (SSSR count). The highest BCUT2D eigenvalue weighted by Gasteiger charge is 2.16. The van der Waals surface area contributed by atoms with Gasteiger partial charge in [0.25, 0.3) is 5.56 Å². The highest BCUT2D eigenvalue weighted by molar-refractivity contribution is 6.01. The van der Waals surface area contributed by atoms with E-state index in [0.717, 1.165) is 5.56 Å². The van der Waals surface area contributed by atoms with Gasteiger partial charge in [0.15, 0.2) is 0 Å². The second-order valence-corrected chi connectivity index (χ2v) is 7.38. The quantitative estimate of drug-likeness (QED) is 0.559. The number of fused-ring (bicyclic) bond motifs is 1. The molecule has 26 heavy (non-hydrogen) atoms. The standard InChI is InChI=1S/C21H23N3O2/c1-14-9-11-15(12-10-14)24-19(25)17-8-6-5-7-16(17)18(20(24)26)13-22-23-21(2,3)4/h5-13,23,26H,1-4H3/b22-13-. The van der Waals surface area contributed by atoms with Gasteiger partial charge in [0, 0.05) is 16.3 Å². The molecule has 0 radical (unpaired) electrons. The zero-order chi connectivity index (χ0) is 18.9. The molecule has 0 saturated carbocycles. The van der Waals surface area contributed by atoms with E-state index in [0.29, 0.717) is 22.0 Å². The summed E-state index contributed by atoms with van der Waals surface area (Å²) in [5, 5.41) is 16.3. The van der Waals surface area contributed by atoms with Gasteiger partial charge in [-0.25, -0.2) is 4.57 Å². The molecule has 0 bridgehead atoms. The van der Waals surface area contributed by atoms with E-state index in [1.165, 1.54) is 4.57 Å². The maximum atomic E-state index is 13.0. The molecule has 0 aliphatic heterocycles. The van der Waals surface area contributed by atoms with Crippen molar-refractivity contribution in [2.24, 2.45) is 5.10 Å². The van der Waals surface area contributed by atoms with Gasteiger partial charge in [0.05, 0.1) is 17.5 Å². The second kappa shape index (κ2) is 6.67. The van der Waals surface area contributed by atoms with Crippen LogP contribution < -0.4 is 11.0 Å². The van der Waals surface area contributed by atoms with E-state index >= 15 is 0 Å². The Balaban J connectivity index is 2.26. The van der Waals surface area contributed by atoms with Crippen LogP contribution in [0.1, 0.15) is 31.9 Å². The largest absolute Gasteiger partial charge is 0.494 e. The van der Waals surface area contributed by atoms with Crippen LogP contribution in [-0.4, -0.2) is 21.4 Å². The van der Waals surface area contributed by atoms with Crippen LogP contribution >= 0.6 is 0 Å². The van der Waals surface area contributed by atoms with E-state index < -0.39 is 0 Å². The lowest BCUT2D eigenvalue weighted by molar-refractivity contribution is 0.433. The van der Waals surface area contributed by atoms with Crippen LogP contribution in [0.25, 0.3) is 16.5 Å². The number of nitrogens with zero attached hydrogens (tertiary/aromatic N) is 2. The molecular formula is C21H23N3O2. The van der Waals surface area contributed by atoms with E-state index in [1.807, 2.05) is 70.2 Å². The van der Waals surface area contributed by atoms with Crippen LogP contribution in [0.3, 0.4) is 0 Å². The molecule has 0 unspecified atom stereocenters. The molecule has 5 nitrogen and oxygen atoms in total. The lowest BCUT2D eigenvalue weighted by Crippen LogP contribution is -2.31. The summed E-state index contributed by atoms with van der Waals surface area (Å²) in [6, 6.07) is 14.7. The van der Waals surface area contributed by atoms with Gasteiger partial charge in [-0.3, -0.25) is 4.79 Å². The summed E-state index contributed by atoms with van der Waals surface area (Å²) >= 11 is 0.